The molecule has 50 valence electrons. The molecule has 2 N–H and O–H groups in total. The number of amides is 1. The summed E-state index contributed by atoms with van der Waals surface area (Å²) in [7, 11) is 0. The summed E-state index contributed by atoms with van der Waals surface area (Å²) in [6.45, 7) is 0. The molecule has 1 aliphatic rings. The van der Waals surface area contributed by atoms with Gasteiger partial charge >= 0.3 is 6.09 Å². The summed E-state index contributed by atoms with van der Waals surface area (Å²) in [6, 6.07) is 0. The van der Waals surface area contributed by atoms with E-state index in [-0.39, 0.29) is 0 Å². The number of quaternary nitrogens is 1. The molecule has 1 heterocycles. The molecule has 0 radical (unpaired) electrons. The highest BCUT2D eigenvalue weighted by Gasteiger charge is 2.18. The van der Waals surface area contributed by atoms with E-state index in [0.717, 1.165) is 12.4 Å². The summed E-state index contributed by atoms with van der Waals surface area (Å²) in [6.07, 6.45) is 0.746. The predicted molar refractivity (Wildman–Crippen MR) is 24.4 cm³/mol. The van der Waals surface area contributed by atoms with Crippen molar-refractivity contribution in [3.8, 4) is 0 Å². The highest BCUT2D eigenvalue weighted by Crippen LogP contribution is 1.90. The Morgan fingerprint density at radius 1 is 1.89 bits per heavy atom. The van der Waals surface area contributed by atoms with Crippen LogP contribution < -0.4 is 5.23 Å². The molecular formula is C3H4N2O4. The first-order chi connectivity index (χ1) is 4.20. The first kappa shape index (κ1) is 6.02. The molecule has 1 aliphatic heterocycles. The van der Waals surface area contributed by atoms with Gasteiger partial charge in [0, 0.05) is 0 Å². The van der Waals surface area contributed by atoms with Gasteiger partial charge in [-0.1, -0.05) is 4.94 Å². The third kappa shape index (κ3) is 1.17. The molecule has 0 spiro atoms. The summed E-state index contributed by atoms with van der Waals surface area (Å²) in [5.41, 5.74) is 0. The normalized spacial score (nSPS) is 25.0. The van der Waals surface area contributed by atoms with Crippen LogP contribution in [0.25, 0.3) is 0 Å². The average molecular weight is 132 g/mol. The molecule has 0 bridgehead atoms. The molecule has 1 amide bonds. The molecule has 0 saturated heterocycles. The molecule has 0 aliphatic carbocycles. The molecule has 6 nitrogen and oxygen atoms in total. The van der Waals surface area contributed by atoms with Crippen LogP contribution in [-0.4, -0.2) is 16.3 Å². The number of hydrogen-bond donors (Lipinski definition) is 2. The molecule has 1 atom stereocenters. The van der Waals surface area contributed by atoms with Crippen LogP contribution in [0.2, 0.25) is 0 Å². The maximum atomic E-state index is 10.1. The Hall–Kier alpha value is -1.11. The third-order valence-corrected chi connectivity index (χ3v) is 0.723. The van der Waals surface area contributed by atoms with Gasteiger partial charge in [-0.15, -0.1) is 5.06 Å². The van der Waals surface area contributed by atoms with Crippen molar-refractivity contribution in [2.24, 2.45) is 0 Å². The van der Waals surface area contributed by atoms with Crippen LogP contribution in [0.3, 0.4) is 0 Å². The highest BCUT2D eigenvalue weighted by atomic mass is 17.0. The lowest BCUT2D eigenvalue weighted by Crippen LogP contribution is -3.00. The topological polar surface area (TPSA) is 77.3 Å². The molecule has 1 rings (SSSR count). The molecule has 6 heteroatoms. The fraction of sp³-hybridized carbons (Fsp3) is 0. The lowest BCUT2D eigenvalue weighted by atomic mass is 10.9. The summed E-state index contributed by atoms with van der Waals surface area (Å²) in [5, 5.41) is 18.0. The van der Waals surface area contributed by atoms with Crippen LogP contribution in [0.15, 0.2) is 12.4 Å². The fourth-order valence-corrected chi connectivity index (χ4v) is 0.389. The van der Waals surface area contributed by atoms with Gasteiger partial charge in [-0.05, 0) is 0 Å². The van der Waals surface area contributed by atoms with E-state index in [0.29, 0.717) is 5.06 Å². The summed E-state index contributed by atoms with van der Waals surface area (Å²) in [4.78, 5) is 14.1. The minimum absolute atomic E-state index is 0.433. The highest BCUT2D eigenvalue weighted by molar-refractivity contribution is 5.64. The van der Waals surface area contributed by atoms with E-state index in [1.54, 1.807) is 0 Å². The second kappa shape index (κ2) is 2.02. The number of nitrogens with one attached hydrogen (secondary N) is 1. The van der Waals surface area contributed by atoms with E-state index in [1.165, 1.54) is 0 Å². The fourth-order valence-electron chi connectivity index (χ4n) is 0.389. The van der Waals surface area contributed by atoms with Crippen molar-refractivity contribution in [3.05, 3.63) is 17.6 Å². The molecule has 0 aromatic heterocycles. The van der Waals surface area contributed by atoms with Crippen LogP contribution >= 0.6 is 0 Å². The largest absolute Gasteiger partial charge is 0.593 e. The number of carbonyl (C=O) groups is 1. The van der Waals surface area contributed by atoms with Crippen molar-refractivity contribution < 1.29 is 20.1 Å². The summed E-state index contributed by atoms with van der Waals surface area (Å²) < 4.78 is 0. The second-order valence-electron chi connectivity index (χ2n) is 1.33. The number of nitrogens with zero attached hydrogens (tertiary/aromatic N) is 1. The maximum Gasteiger partial charge on any atom is 0.440 e. The summed E-state index contributed by atoms with van der Waals surface area (Å²) in [5.74, 6) is 0. The van der Waals surface area contributed by atoms with Gasteiger partial charge in [0.2, 0.25) is 0 Å². The van der Waals surface area contributed by atoms with E-state index in [9.17, 15) is 10.0 Å². The van der Waals surface area contributed by atoms with E-state index in [4.69, 9.17) is 5.11 Å². The van der Waals surface area contributed by atoms with Crippen molar-refractivity contribution >= 4 is 6.09 Å². The number of carboxylic acid groups (broad SMARTS) is 1. The van der Waals surface area contributed by atoms with Crippen LogP contribution in [-0.2, 0) is 4.94 Å². The average Bonchev–Trinajstić information content (AvgIpc) is 2.14. The van der Waals surface area contributed by atoms with Crippen LogP contribution in [0.4, 0.5) is 4.79 Å². The van der Waals surface area contributed by atoms with Crippen LogP contribution in [0.5, 0.6) is 0 Å². The van der Waals surface area contributed by atoms with Crippen molar-refractivity contribution in [2.45, 2.75) is 0 Å². The second-order valence-corrected chi connectivity index (χ2v) is 1.33. The molecule has 9 heavy (non-hydrogen) atoms. The Kier molecular flexibility index (Phi) is 1.35. The van der Waals surface area contributed by atoms with Crippen LogP contribution in [0.1, 0.15) is 0 Å². The molecular weight excluding hydrogens is 128 g/mol. The minimum atomic E-state index is -1.31. The van der Waals surface area contributed by atoms with E-state index < -0.39 is 11.3 Å². The van der Waals surface area contributed by atoms with Gasteiger partial charge in [-0.2, -0.15) is 5.23 Å². The Morgan fingerprint density at radius 2 is 2.56 bits per heavy atom. The number of hydrogen-bond acceptors (Lipinski definition) is 3. The minimum Gasteiger partial charge on any atom is -0.593 e. The predicted octanol–water partition coefficient (Wildman–Crippen LogP) is -1.32. The van der Waals surface area contributed by atoms with Gasteiger partial charge in [0.1, 0.15) is 12.4 Å². The molecule has 0 aromatic carbocycles. The monoisotopic (exact) mass is 132 g/mol. The van der Waals surface area contributed by atoms with E-state index in [1.807, 2.05) is 0 Å². The lowest BCUT2D eigenvalue weighted by Gasteiger charge is -2.10. The Labute approximate surface area is 50.0 Å². The Bertz CT molecular complexity index is 156. The first-order valence-electron chi connectivity index (χ1n) is 2.12. The lowest BCUT2D eigenvalue weighted by molar-refractivity contribution is -1.02. The summed E-state index contributed by atoms with van der Waals surface area (Å²) >= 11 is 0. The first-order valence-corrected chi connectivity index (χ1v) is 2.12. The van der Waals surface area contributed by atoms with Crippen molar-refractivity contribution in [2.75, 3.05) is 0 Å². The zero-order valence-corrected chi connectivity index (χ0v) is 4.27. The zero-order chi connectivity index (χ0) is 6.85. The van der Waals surface area contributed by atoms with Gasteiger partial charge in [0.15, 0.2) is 0 Å². The van der Waals surface area contributed by atoms with E-state index >= 15 is 0 Å². The quantitative estimate of drug-likeness (QED) is 0.401. The third-order valence-electron chi connectivity index (χ3n) is 0.723. The van der Waals surface area contributed by atoms with Gasteiger partial charge in [-0.3, -0.25) is 0 Å². The van der Waals surface area contributed by atoms with Crippen molar-refractivity contribution in [1.29, 1.82) is 0 Å². The van der Waals surface area contributed by atoms with Crippen molar-refractivity contribution in [1.82, 2.24) is 5.06 Å². The van der Waals surface area contributed by atoms with E-state index in [2.05, 4.69) is 4.94 Å². The molecule has 0 fully saturated rings. The number of rotatable bonds is 0. The van der Waals surface area contributed by atoms with Crippen molar-refractivity contribution in [3.63, 3.8) is 0 Å². The maximum absolute atomic E-state index is 10.1. The van der Waals surface area contributed by atoms with Gasteiger partial charge < -0.3 is 10.3 Å². The standard InChI is InChI=1S/C3H4N2O4/c6-3(7)4-1-2-5(8)9-4/h1-2,5H,(H,6,7). The van der Waals surface area contributed by atoms with Gasteiger partial charge in [0.05, 0.1) is 0 Å². The van der Waals surface area contributed by atoms with Crippen LogP contribution in [0, 0.1) is 5.21 Å². The van der Waals surface area contributed by atoms with Gasteiger partial charge in [0.25, 0.3) is 0 Å². The Balaban J connectivity index is 2.50. The van der Waals surface area contributed by atoms with Gasteiger partial charge in [-0.25, -0.2) is 4.79 Å². The molecule has 1 unspecified atom stereocenters. The molecule has 0 saturated carbocycles. The number of hydroxylamine groups is 4. The zero-order valence-electron chi connectivity index (χ0n) is 4.27. The molecule has 0 aromatic rings. The Morgan fingerprint density at radius 3 is 2.78 bits per heavy atom. The SMILES string of the molecule is O=C(O)N1C=C[NH+]([O-])O1. The smallest absolute Gasteiger partial charge is 0.440 e.